The van der Waals surface area contributed by atoms with Crippen LogP contribution in [0.1, 0.15) is 45.6 Å². The van der Waals surface area contributed by atoms with E-state index in [9.17, 15) is 9.59 Å². The molecule has 0 fully saturated rings. The molecule has 0 saturated carbocycles. The summed E-state index contributed by atoms with van der Waals surface area (Å²) in [6.07, 6.45) is 0.806. The summed E-state index contributed by atoms with van der Waals surface area (Å²) in [5, 5.41) is 2.66. The third-order valence-electron chi connectivity index (χ3n) is 2.88. The molecule has 0 spiro atoms. The van der Waals surface area contributed by atoms with E-state index in [4.69, 9.17) is 9.47 Å². The summed E-state index contributed by atoms with van der Waals surface area (Å²) < 4.78 is 10.5. The van der Waals surface area contributed by atoms with Gasteiger partial charge in [0.15, 0.2) is 0 Å². The van der Waals surface area contributed by atoms with E-state index in [0.29, 0.717) is 17.9 Å². The Bertz CT molecular complexity index is 505. The van der Waals surface area contributed by atoms with Crippen molar-refractivity contribution < 1.29 is 19.1 Å². The fraction of sp³-hybridized carbons (Fsp3) is 0.500. The quantitative estimate of drug-likeness (QED) is 0.840. The molecule has 116 valence electrons. The zero-order chi connectivity index (χ0) is 16.0. The van der Waals surface area contributed by atoms with Gasteiger partial charge in [0.25, 0.3) is 0 Å². The van der Waals surface area contributed by atoms with Crippen molar-refractivity contribution in [3.05, 3.63) is 23.8 Å². The Morgan fingerprint density at radius 3 is 2.57 bits per heavy atom. The average molecular weight is 293 g/mol. The minimum absolute atomic E-state index is 0.104. The number of methoxy groups -OCH3 is 1. The lowest BCUT2D eigenvalue weighted by Crippen LogP contribution is -2.27. The number of anilines is 1. The number of hydrogen-bond acceptors (Lipinski definition) is 4. The van der Waals surface area contributed by atoms with Gasteiger partial charge < -0.3 is 14.3 Å². The van der Waals surface area contributed by atoms with Crippen molar-refractivity contribution >= 4 is 18.1 Å². The Kier molecular flexibility index (Phi) is 5.76. The van der Waals surface area contributed by atoms with Gasteiger partial charge in [0.2, 0.25) is 0 Å². The standard InChI is InChI=1S/C16H23NO4/c1-11(8-9-18)12-6-7-13(14(10-12)20-5)17-15(19)21-16(2,3)4/h6-7,9-11H,8H2,1-5H3,(H,17,19). The van der Waals surface area contributed by atoms with Crippen LogP contribution in [0.4, 0.5) is 10.5 Å². The molecular weight excluding hydrogens is 270 g/mol. The monoisotopic (exact) mass is 293 g/mol. The third-order valence-corrected chi connectivity index (χ3v) is 2.88. The first kappa shape index (κ1) is 17.0. The Labute approximate surface area is 125 Å². The van der Waals surface area contributed by atoms with Crippen molar-refractivity contribution in [2.45, 2.75) is 45.6 Å². The lowest BCUT2D eigenvalue weighted by molar-refractivity contribution is -0.108. The minimum Gasteiger partial charge on any atom is -0.495 e. The zero-order valence-electron chi connectivity index (χ0n) is 13.2. The second kappa shape index (κ2) is 7.11. The number of aldehydes is 1. The summed E-state index contributed by atoms with van der Waals surface area (Å²) in [5.74, 6) is 0.642. The van der Waals surface area contributed by atoms with Crippen LogP contribution in [-0.2, 0) is 9.53 Å². The van der Waals surface area contributed by atoms with Crippen molar-refractivity contribution in [3.63, 3.8) is 0 Å². The van der Waals surface area contributed by atoms with Crippen LogP contribution < -0.4 is 10.1 Å². The van der Waals surface area contributed by atoms with Crippen LogP contribution in [-0.4, -0.2) is 25.1 Å². The molecule has 1 atom stereocenters. The predicted molar refractivity (Wildman–Crippen MR) is 81.9 cm³/mol. The molecule has 0 aliphatic carbocycles. The molecule has 1 amide bonds. The Balaban J connectivity index is 2.89. The van der Waals surface area contributed by atoms with Gasteiger partial charge in [0, 0.05) is 6.42 Å². The summed E-state index contributed by atoms with van der Waals surface area (Å²) in [5.41, 5.74) is 0.956. The topological polar surface area (TPSA) is 64.6 Å². The van der Waals surface area contributed by atoms with Crippen molar-refractivity contribution in [2.24, 2.45) is 0 Å². The number of rotatable bonds is 5. The molecule has 1 unspecified atom stereocenters. The largest absolute Gasteiger partial charge is 0.495 e. The predicted octanol–water partition coefficient (Wildman–Crippen LogP) is 3.73. The second-order valence-electron chi connectivity index (χ2n) is 5.89. The first-order chi connectivity index (χ1) is 9.76. The van der Waals surface area contributed by atoms with E-state index in [0.717, 1.165) is 11.8 Å². The van der Waals surface area contributed by atoms with Gasteiger partial charge in [0.1, 0.15) is 17.6 Å². The number of nitrogens with one attached hydrogen (secondary N) is 1. The Hall–Kier alpha value is -2.04. The second-order valence-corrected chi connectivity index (χ2v) is 5.89. The molecule has 1 N–H and O–H groups in total. The highest BCUT2D eigenvalue weighted by atomic mass is 16.6. The van der Waals surface area contributed by atoms with Crippen LogP contribution in [0.2, 0.25) is 0 Å². The van der Waals surface area contributed by atoms with E-state index in [-0.39, 0.29) is 5.92 Å². The molecule has 1 aromatic rings. The van der Waals surface area contributed by atoms with Crippen LogP contribution in [0.25, 0.3) is 0 Å². The first-order valence-electron chi connectivity index (χ1n) is 6.88. The highest BCUT2D eigenvalue weighted by Crippen LogP contribution is 2.30. The van der Waals surface area contributed by atoms with Gasteiger partial charge in [-0.15, -0.1) is 0 Å². The number of benzene rings is 1. The molecule has 0 aliphatic heterocycles. The van der Waals surface area contributed by atoms with Gasteiger partial charge in [-0.1, -0.05) is 13.0 Å². The average Bonchev–Trinajstić information content (AvgIpc) is 2.37. The number of hydrogen-bond donors (Lipinski definition) is 1. The van der Waals surface area contributed by atoms with Crippen LogP contribution in [0.15, 0.2) is 18.2 Å². The van der Waals surface area contributed by atoms with Crippen LogP contribution in [0.3, 0.4) is 0 Å². The zero-order valence-corrected chi connectivity index (χ0v) is 13.2. The highest BCUT2D eigenvalue weighted by Gasteiger charge is 2.18. The van der Waals surface area contributed by atoms with Gasteiger partial charge in [-0.05, 0) is 44.4 Å². The fourth-order valence-electron chi connectivity index (χ4n) is 1.81. The first-order valence-corrected chi connectivity index (χ1v) is 6.88. The van der Waals surface area contributed by atoms with Gasteiger partial charge in [-0.2, -0.15) is 0 Å². The lowest BCUT2D eigenvalue weighted by atomic mass is 9.98. The molecule has 1 aromatic carbocycles. The van der Waals surface area contributed by atoms with Crippen molar-refractivity contribution in [1.82, 2.24) is 0 Å². The molecule has 0 aliphatic rings. The van der Waals surface area contributed by atoms with Crippen LogP contribution in [0, 0.1) is 0 Å². The van der Waals surface area contributed by atoms with E-state index in [1.165, 1.54) is 7.11 Å². The number of ether oxygens (including phenoxy) is 2. The van der Waals surface area contributed by atoms with E-state index >= 15 is 0 Å². The van der Waals surface area contributed by atoms with Gasteiger partial charge in [0.05, 0.1) is 12.8 Å². The smallest absolute Gasteiger partial charge is 0.412 e. The molecule has 0 heterocycles. The maximum atomic E-state index is 11.8. The lowest BCUT2D eigenvalue weighted by Gasteiger charge is -2.20. The number of amides is 1. The van der Waals surface area contributed by atoms with Gasteiger partial charge >= 0.3 is 6.09 Å². The molecule has 0 bridgehead atoms. The molecule has 0 aromatic heterocycles. The van der Waals surface area contributed by atoms with Crippen LogP contribution >= 0.6 is 0 Å². The maximum absolute atomic E-state index is 11.8. The van der Waals surface area contributed by atoms with Crippen molar-refractivity contribution in [2.75, 3.05) is 12.4 Å². The van der Waals surface area contributed by atoms with E-state index in [2.05, 4.69) is 5.32 Å². The molecule has 0 radical (unpaired) electrons. The van der Waals surface area contributed by atoms with Crippen molar-refractivity contribution in [1.29, 1.82) is 0 Å². The summed E-state index contributed by atoms with van der Waals surface area (Å²) in [7, 11) is 1.53. The third kappa shape index (κ3) is 5.45. The summed E-state index contributed by atoms with van der Waals surface area (Å²) >= 11 is 0. The number of carbonyl (C=O) groups is 2. The minimum atomic E-state index is -0.560. The summed E-state index contributed by atoms with van der Waals surface area (Å²) in [4.78, 5) is 22.4. The maximum Gasteiger partial charge on any atom is 0.412 e. The molecule has 0 saturated heterocycles. The molecule has 5 heteroatoms. The Morgan fingerprint density at radius 1 is 1.38 bits per heavy atom. The summed E-state index contributed by atoms with van der Waals surface area (Å²) in [6, 6.07) is 5.43. The number of carbonyl (C=O) groups excluding carboxylic acids is 2. The van der Waals surface area contributed by atoms with E-state index < -0.39 is 11.7 Å². The summed E-state index contributed by atoms with van der Waals surface area (Å²) in [6.45, 7) is 7.36. The van der Waals surface area contributed by atoms with Gasteiger partial charge in [-0.25, -0.2) is 4.79 Å². The van der Waals surface area contributed by atoms with E-state index in [1.807, 2.05) is 19.1 Å². The molecule has 5 nitrogen and oxygen atoms in total. The van der Waals surface area contributed by atoms with Gasteiger partial charge in [-0.3, -0.25) is 5.32 Å². The molecule has 1 rings (SSSR count). The highest BCUT2D eigenvalue weighted by molar-refractivity contribution is 5.87. The van der Waals surface area contributed by atoms with Crippen LogP contribution in [0.5, 0.6) is 5.75 Å². The SMILES string of the molecule is COc1cc(C(C)CC=O)ccc1NC(=O)OC(C)(C)C. The fourth-order valence-corrected chi connectivity index (χ4v) is 1.81. The van der Waals surface area contributed by atoms with E-state index in [1.54, 1.807) is 26.8 Å². The Morgan fingerprint density at radius 2 is 2.05 bits per heavy atom. The molecular formula is C16H23NO4. The molecule has 21 heavy (non-hydrogen) atoms. The van der Waals surface area contributed by atoms with Crippen molar-refractivity contribution in [3.8, 4) is 5.75 Å². The normalized spacial score (nSPS) is 12.4.